The van der Waals surface area contributed by atoms with Gasteiger partial charge in [0.25, 0.3) is 0 Å². The fraction of sp³-hybridized carbons (Fsp3) is 0.500. The van der Waals surface area contributed by atoms with Crippen LogP contribution in [-0.2, 0) is 4.79 Å². The summed E-state index contributed by atoms with van der Waals surface area (Å²) < 4.78 is 1.99. The molecule has 0 bridgehead atoms. The van der Waals surface area contributed by atoms with E-state index in [4.69, 9.17) is 0 Å². The Kier molecular flexibility index (Phi) is 3.72. The van der Waals surface area contributed by atoms with Crippen molar-refractivity contribution in [2.75, 3.05) is 26.2 Å². The number of carbonyl (C=O) groups is 1. The molecule has 0 unspecified atom stereocenters. The van der Waals surface area contributed by atoms with E-state index in [9.17, 15) is 4.79 Å². The summed E-state index contributed by atoms with van der Waals surface area (Å²) in [6.45, 7) is 3.29. The largest absolute Gasteiger partial charge is 0.334 e. The van der Waals surface area contributed by atoms with Gasteiger partial charge in [0.2, 0.25) is 5.91 Å². The van der Waals surface area contributed by atoms with Gasteiger partial charge < -0.3 is 4.90 Å². The second kappa shape index (κ2) is 5.85. The van der Waals surface area contributed by atoms with Gasteiger partial charge in [-0.3, -0.25) is 14.4 Å². The smallest absolute Gasteiger partial charge is 0.237 e. The van der Waals surface area contributed by atoms with Crippen LogP contribution >= 0.6 is 11.3 Å². The molecule has 116 valence electrons. The Morgan fingerprint density at radius 1 is 1.36 bits per heavy atom. The number of carbonyl (C=O) groups excluding carboxylic acids is 1. The van der Waals surface area contributed by atoms with Gasteiger partial charge in [-0.1, -0.05) is 6.07 Å². The lowest BCUT2D eigenvalue weighted by molar-refractivity contribution is -0.134. The molecule has 0 aliphatic carbocycles. The van der Waals surface area contributed by atoms with Gasteiger partial charge in [-0.2, -0.15) is 5.10 Å². The van der Waals surface area contributed by atoms with Crippen LogP contribution in [0.2, 0.25) is 0 Å². The summed E-state index contributed by atoms with van der Waals surface area (Å²) in [7, 11) is 0. The molecule has 2 aromatic rings. The predicted octanol–water partition coefficient (Wildman–Crippen LogP) is 2.17. The van der Waals surface area contributed by atoms with Crippen LogP contribution in [-0.4, -0.2) is 51.7 Å². The summed E-state index contributed by atoms with van der Waals surface area (Å²) in [5, 5.41) is 6.37. The molecular weight excluding hydrogens is 296 g/mol. The average Bonchev–Trinajstić information content (AvgIpc) is 3.23. The van der Waals surface area contributed by atoms with E-state index < -0.39 is 0 Å². The van der Waals surface area contributed by atoms with Crippen molar-refractivity contribution < 1.29 is 4.79 Å². The standard InChI is InChI=1S/C16H20N4OS/c21-16(12-18-10-13(11-18)20-8-3-6-17-20)19-7-1-4-14(19)15-5-2-9-22-15/h2-3,5-6,8-9,13-14H,1,4,7,10-12H2/t14-/m0/s1. The van der Waals surface area contributed by atoms with Gasteiger partial charge in [0.15, 0.2) is 0 Å². The molecule has 6 heteroatoms. The van der Waals surface area contributed by atoms with E-state index >= 15 is 0 Å². The van der Waals surface area contributed by atoms with Crippen molar-refractivity contribution in [3.05, 3.63) is 40.8 Å². The molecule has 0 spiro atoms. The van der Waals surface area contributed by atoms with E-state index in [1.807, 2.05) is 23.1 Å². The van der Waals surface area contributed by atoms with E-state index in [1.165, 1.54) is 4.88 Å². The maximum absolute atomic E-state index is 12.6. The van der Waals surface area contributed by atoms with Crippen LogP contribution < -0.4 is 0 Å². The Hall–Kier alpha value is -1.66. The Labute approximate surface area is 134 Å². The zero-order chi connectivity index (χ0) is 14.9. The van der Waals surface area contributed by atoms with Crippen molar-refractivity contribution in [3.63, 3.8) is 0 Å². The molecule has 22 heavy (non-hydrogen) atoms. The van der Waals surface area contributed by atoms with E-state index in [2.05, 4.69) is 32.4 Å². The maximum Gasteiger partial charge on any atom is 0.237 e. The number of hydrogen-bond donors (Lipinski definition) is 0. The Balaban J connectivity index is 1.33. The van der Waals surface area contributed by atoms with Gasteiger partial charge in [0.1, 0.15) is 0 Å². The summed E-state index contributed by atoms with van der Waals surface area (Å²) >= 11 is 1.76. The molecule has 0 N–H and O–H groups in total. The molecule has 0 radical (unpaired) electrons. The highest BCUT2D eigenvalue weighted by Crippen LogP contribution is 2.34. The van der Waals surface area contributed by atoms with Crippen molar-refractivity contribution >= 4 is 17.2 Å². The third-order valence-electron chi connectivity index (χ3n) is 4.64. The van der Waals surface area contributed by atoms with Gasteiger partial charge in [0.05, 0.1) is 18.6 Å². The van der Waals surface area contributed by atoms with Crippen LogP contribution in [0.4, 0.5) is 0 Å². The number of likely N-dealkylation sites (tertiary alicyclic amines) is 2. The van der Waals surface area contributed by atoms with Gasteiger partial charge in [0, 0.05) is 36.9 Å². The topological polar surface area (TPSA) is 41.4 Å². The van der Waals surface area contributed by atoms with Gasteiger partial charge >= 0.3 is 0 Å². The van der Waals surface area contributed by atoms with Crippen molar-refractivity contribution in [1.29, 1.82) is 0 Å². The first-order chi connectivity index (χ1) is 10.8. The van der Waals surface area contributed by atoms with E-state index in [0.29, 0.717) is 18.6 Å². The highest BCUT2D eigenvalue weighted by molar-refractivity contribution is 7.10. The number of thiophene rings is 1. The Morgan fingerprint density at radius 2 is 2.27 bits per heavy atom. The van der Waals surface area contributed by atoms with Crippen molar-refractivity contribution in [1.82, 2.24) is 19.6 Å². The van der Waals surface area contributed by atoms with E-state index in [0.717, 1.165) is 32.5 Å². The van der Waals surface area contributed by atoms with Crippen LogP contribution in [0, 0.1) is 0 Å². The molecule has 2 saturated heterocycles. The molecule has 2 aliphatic rings. The lowest BCUT2D eigenvalue weighted by Crippen LogP contribution is -2.52. The first kappa shape index (κ1) is 14.0. The number of amides is 1. The first-order valence-electron chi connectivity index (χ1n) is 7.85. The zero-order valence-corrected chi connectivity index (χ0v) is 13.3. The predicted molar refractivity (Wildman–Crippen MR) is 85.7 cm³/mol. The quantitative estimate of drug-likeness (QED) is 0.868. The molecule has 1 atom stereocenters. The average molecular weight is 316 g/mol. The molecule has 0 saturated carbocycles. The second-order valence-electron chi connectivity index (χ2n) is 6.09. The molecule has 0 aromatic carbocycles. The summed E-state index contributed by atoms with van der Waals surface area (Å²) in [6.07, 6.45) is 6.02. The van der Waals surface area contributed by atoms with Crippen LogP contribution in [0.15, 0.2) is 36.0 Å². The van der Waals surface area contributed by atoms with Gasteiger partial charge in [-0.25, -0.2) is 0 Å². The fourth-order valence-corrected chi connectivity index (χ4v) is 4.33. The summed E-state index contributed by atoms with van der Waals surface area (Å²) in [4.78, 5) is 18.2. The van der Waals surface area contributed by atoms with Crippen LogP contribution in [0.5, 0.6) is 0 Å². The highest BCUT2D eigenvalue weighted by Gasteiger charge is 2.35. The molecular formula is C16H20N4OS. The fourth-order valence-electron chi connectivity index (χ4n) is 3.46. The molecule has 5 nitrogen and oxygen atoms in total. The molecule has 4 heterocycles. The number of nitrogens with zero attached hydrogens (tertiary/aromatic N) is 4. The summed E-state index contributed by atoms with van der Waals surface area (Å²) in [6, 6.07) is 6.90. The van der Waals surface area contributed by atoms with Crippen molar-refractivity contribution in [2.24, 2.45) is 0 Å². The minimum atomic E-state index is 0.273. The number of aromatic nitrogens is 2. The lowest BCUT2D eigenvalue weighted by Gasteiger charge is -2.39. The molecule has 2 aromatic heterocycles. The summed E-state index contributed by atoms with van der Waals surface area (Å²) in [5.74, 6) is 0.273. The molecule has 4 rings (SSSR count). The SMILES string of the molecule is O=C(CN1CC(n2cccn2)C1)N1CCC[C@H]1c1cccs1. The van der Waals surface area contributed by atoms with E-state index in [1.54, 1.807) is 11.3 Å². The number of rotatable bonds is 4. The molecule has 1 amide bonds. The van der Waals surface area contributed by atoms with Crippen LogP contribution in [0.25, 0.3) is 0 Å². The zero-order valence-electron chi connectivity index (χ0n) is 12.5. The van der Waals surface area contributed by atoms with Crippen LogP contribution in [0.3, 0.4) is 0 Å². The summed E-state index contributed by atoms with van der Waals surface area (Å²) in [5.41, 5.74) is 0. The maximum atomic E-state index is 12.6. The Morgan fingerprint density at radius 3 is 3.00 bits per heavy atom. The second-order valence-corrected chi connectivity index (χ2v) is 7.07. The lowest BCUT2D eigenvalue weighted by atomic mass is 10.1. The monoisotopic (exact) mass is 316 g/mol. The third-order valence-corrected chi connectivity index (χ3v) is 5.61. The minimum absolute atomic E-state index is 0.273. The Bertz CT molecular complexity index is 619. The van der Waals surface area contributed by atoms with E-state index in [-0.39, 0.29) is 5.91 Å². The normalized spacial score (nSPS) is 22.9. The van der Waals surface area contributed by atoms with Gasteiger partial charge in [-0.05, 0) is 30.4 Å². The number of hydrogen-bond acceptors (Lipinski definition) is 4. The first-order valence-corrected chi connectivity index (χ1v) is 8.73. The molecule has 2 aliphatic heterocycles. The van der Waals surface area contributed by atoms with Crippen molar-refractivity contribution in [3.8, 4) is 0 Å². The highest BCUT2D eigenvalue weighted by atomic mass is 32.1. The van der Waals surface area contributed by atoms with Crippen molar-refractivity contribution in [2.45, 2.75) is 24.9 Å². The van der Waals surface area contributed by atoms with Crippen LogP contribution in [0.1, 0.15) is 29.8 Å². The molecule has 2 fully saturated rings. The minimum Gasteiger partial charge on any atom is -0.334 e. The van der Waals surface area contributed by atoms with Gasteiger partial charge in [-0.15, -0.1) is 11.3 Å². The third kappa shape index (κ3) is 2.57.